The van der Waals surface area contributed by atoms with Crippen molar-refractivity contribution in [3.63, 3.8) is 0 Å². The molecule has 1 heterocycles. The minimum absolute atomic E-state index is 0.000541. The maximum Gasteiger partial charge on any atom is 0.263 e. The molecule has 0 spiro atoms. The van der Waals surface area contributed by atoms with Crippen molar-refractivity contribution >= 4 is 5.91 Å². The molecule has 2 atom stereocenters. The van der Waals surface area contributed by atoms with Crippen LogP contribution in [0.15, 0.2) is 18.2 Å². The van der Waals surface area contributed by atoms with Crippen molar-refractivity contribution in [2.75, 3.05) is 13.1 Å². The van der Waals surface area contributed by atoms with E-state index < -0.39 is 17.7 Å². The Labute approximate surface area is 110 Å². The first-order valence-corrected chi connectivity index (χ1v) is 6.13. The topological polar surface area (TPSA) is 55.6 Å². The van der Waals surface area contributed by atoms with Crippen LogP contribution in [-0.4, -0.2) is 36.0 Å². The number of nitrogens with two attached hydrogens (primary N) is 1. The Hall–Kier alpha value is -1.69. The Balaban J connectivity index is 1.98. The van der Waals surface area contributed by atoms with Crippen LogP contribution >= 0.6 is 0 Å². The van der Waals surface area contributed by atoms with Gasteiger partial charge in [0.05, 0.1) is 0 Å². The third-order valence-electron chi connectivity index (χ3n) is 3.09. The zero-order chi connectivity index (χ0) is 14.0. The summed E-state index contributed by atoms with van der Waals surface area (Å²) in [7, 11) is 0. The van der Waals surface area contributed by atoms with Gasteiger partial charge in [0.1, 0.15) is 5.75 Å². The van der Waals surface area contributed by atoms with Gasteiger partial charge in [0, 0.05) is 25.2 Å². The lowest BCUT2D eigenvalue weighted by atomic mass is 10.3. The summed E-state index contributed by atoms with van der Waals surface area (Å²) in [4.78, 5) is 13.6. The predicted molar refractivity (Wildman–Crippen MR) is 65.6 cm³/mol. The average Bonchev–Trinajstić information content (AvgIpc) is 2.79. The number of benzene rings is 1. The number of carbonyl (C=O) groups is 1. The van der Waals surface area contributed by atoms with E-state index in [1.165, 1.54) is 6.07 Å². The first kappa shape index (κ1) is 13.7. The zero-order valence-corrected chi connectivity index (χ0v) is 10.6. The van der Waals surface area contributed by atoms with E-state index in [9.17, 15) is 13.6 Å². The summed E-state index contributed by atoms with van der Waals surface area (Å²) in [5, 5.41) is 0. The van der Waals surface area contributed by atoms with E-state index in [4.69, 9.17) is 10.5 Å². The Bertz CT molecular complexity index is 482. The van der Waals surface area contributed by atoms with Crippen molar-refractivity contribution in [3.8, 4) is 5.75 Å². The molecule has 2 N–H and O–H groups in total. The third kappa shape index (κ3) is 3.20. The van der Waals surface area contributed by atoms with Crippen molar-refractivity contribution in [3.05, 3.63) is 29.8 Å². The summed E-state index contributed by atoms with van der Waals surface area (Å²) in [6.45, 7) is 2.68. The molecule has 1 fully saturated rings. The molecule has 1 aliphatic heterocycles. The summed E-state index contributed by atoms with van der Waals surface area (Å²) in [5.74, 6) is -2.02. The highest BCUT2D eigenvalue weighted by atomic mass is 19.2. The standard InChI is InChI=1S/C13H16F2N2O2/c1-8(13(18)17-5-4-9(16)7-17)19-10-2-3-11(14)12(15)6-10/h2-3,6,8-9H,4-5,7,16H2,1H3. The zero-order valence-electron chi connectivity index (χ0n) is 10.6. The maximum atomic E-state index is 13.0. The summed E-state index contributed by atoms with van der Waals surface area (Å²) < 4.78 is 31.1. The van der Waals surface area contributed by atoms with Gasteiger partial charge in [-0.25, -0.2) is 8.78 Å². The number of amides is 1. The fourth-order valence-electron chi connectivity index (χ4n) is 2.05. The van der Waals surface area contributed by atoms with Crippen LogP contribution in [-0.2, 0) is 4.79 Å². The number of hydrogen-bond acceptors (Lipinski definition) is 3. The number of rotatable bonds is 3. The van der Waals surface area contributed by atoms with E-state index in [1.807, 2.05) is 0 Å². The molecule has 0 aromatic heterocycles. The SMILES string of the molecule is CC(Oc1ccc(F)c(F)c1)C(=O)N1CCC(N)C1. The quantitative estimate of drug-likeness (QED) is 0.900. The van der Waals surface area contributed by atoms with E-state index in [2.05, 4.69) is 0 Å². The predicted octanol–water partition coefficient (Wildman–Crippen LogP) is 1.29. The molecule has 0 aliphatic carbocycles. The molecule has 1 amide bonds. The van der Waals surface area contributed by atoms with Crippen LogP contribution in [0.4, 0.5) is 8.78 Å². The van der Waals surface area contributed by atoms with Crippen LogP contribution < -0.4 is 10.5 Å². The van der Waals surface area contributed by atoms with Crippen molar-refractivity contribution in [1.29, 1.82) is 0 Å². The van der Waals surface area contributed by atoms with Gasteiger partial charge in [0.25, 0.3) is 5.91 Å². The van der Waals surface area contributed by atoms with Crippen LogP contribution in [0.2, 0.25) is 0 Å². The second-order valence-electron chi connectivity index (χ2n) is 4.67. The van der Waals surface area contributed by atoms with Crippen molar-refractivity contribution in [2.24, 2.45) is 5.73 Å². The van der Waals surface area contributed by atoms with Crippen LogP contribution in [0, 0.1) is 11.6 Å². The van der Waals surface area contributed by atoms with Crippen LogP contribution in [0.5, 0.6) is 5.75 Å². The molecule has 6 heteroatoms. The second-order valence-corrected chi connectivity index (χ2v) is 4.67. The molecule has 4 nitrogen and oxygen atoms in total. The molecular formula is C13H16F2N2O2. The number of hydrogen-bond donors (Lipinski definition) is 1. The van der Waals surface area contributed by atoms with Gasteiger partial charge in [-0.05, 0) is 25.5 Å². The number of likely N-dealkylation sites (tertiary alicyclic amines) is 1. The molecule has 104 valence electrons. The van der Waals surface area contributed by atoms with Gasteiger partial charge < -0.3 is 15.4 Å². The van der Waals surface area contributed by atoms with Gasteiger partial charge >= 0.3 is 0 Å². The van der Waals surface area contributed by atoms with Crippen molar-refractivity contribution in [2.45, 2.75) is 25.5 Å². The normalized spacial score (nSPS) is 20.4. The Morgan fingerprint density at radius 3 is 2.79 bits per heavy atom. The molecular weight excluding hydrogens is 254 g/mol. The van der Waals surface area contributed by atoms with Gasteiger partial charge in [-0.2, -0.15) is 0 Å². The van der Waals surface area contributed by atoms with E-state index in [0.717, 1.165) is 18.6 Å². The fourth-order valence-corrected chi connectivity index (χ4v) is 2.05. The number of carbonyl (C=O) groups excluding carboxylic acids is 1. The largest absolute Gasteiger partial charge is 0.481 e. The average molecular weight is 270 g/mol. The van der Waals surface area contributed by atoms with Gasteiger partial charge in [-0.3, -0.25) is 4.79 Å². The van der Waals surface area contributed by atoms with Crippen molar-refractivity contribution < 1.29 is 18.3 Å². The summed E-state index contributed by atoms with van der Waals surface area (Å²) >= 11 is 0. The Morgan fingerprint density at radius 2 is 2.21 bits per heavy atom. The molecule has 1 aromatic rings. The smallest absolute Gasteiger partial charge is 0.263 e. The number of halogens is 2. The summed E-state index contributed by atoms with van der Waals surface area (Å²) in [6.07, 6.45) is 0.0130. The molecule has 1 saturated heterocycles. The van der Waals surface area contributed by atoms with Crippen LogP contribution in [0.3, 0.4) is 0 Å². The molecule has 2 unspecified atom stereocenters. The minimum Gasteiger partial charge on any atom is -0.481 e. The molecule has 0 saturated carbocycles. The summed E-state index contributed by atoms with van der Waals surface area (Å²) in [5.41, 5.74) is 5.73. The lowest BCUT2D eigenvalue weighted by molar-refractivity contribution is -0.136. The fraction of sp³-hybridized carbons (Fsp3) is 0.462. The summed E-state index contributed by atoms with van der Waals surface area (Å²) in [6, 6.07) is 3.18. The van der Waals surface area contributed by atoms with E-state index >= 15 is 0 Å². The molecule has 19 heavy (non-hydrogen) atoms. The molecule has 0 bridgehead atoms. The third-order valence-corrected chi connectivity index (χ3v) is 3.09. The highest BCUT2D eigenvalue weighted by Gasteiger charge is 2.28. The lowest BCUT2D eigenvalue weighted by Crippen LogP contribution is -2.40. The van der Waals surface area contributed by atoms with E-state index in [1.54, 1.807) is 11.8 Å². The molecule has 1 aliphatic rings. The monoisotopic (exact) mass is 270 g/mol. The second kappa shape index (κ2) is 5.52. The number of ether oxygens (including phenoxy) is 1. The van der Waals surface area contributed by atoms with E-state index in [0.29, 0.717) is 13.1 Å². The van der Waals surface area contributed by atoms with Crippen LogP contribution in [0.25, 0.3) is 0 Å². The molecule has 2 rings (SSSR count). The first-order chi connectivity index (χ1) is 8.97. The minimum atomic E-state index is -1.000. The first-order valence-electron chi connectivity index (χ1n) is 6.13. The van der Waals surface area contributed by atoms with E-state index in [-0.39, 0.29) is 17.7 Å². The Kier molecular flexibility index (Phi) is 3.99. The molecule has 0 radical (unpaired) electrons. The van der Waals surface area contributed by atoms with Gasteiger partial charge in [0.15, 0.2) is 17.7 Å². The lowest BCUT2D eigenvalue weighted by Gasteiger charge is -2.21. The molecule has 1 aromatic carbocycles. The highest BCUT2D eigenvalue weighted by Crippen LogP contribution is 2.18. The van der Waals surface area contributed by atoms with Gasteiger partial charge in [0.2, 0.25) is 0 Å². The maximum absolute atomic E-state index is 13.0. The van der Waals surface area contributed by atoms with Gasteiger partial charge in [-0.15, -0.1) is 0 Å². The van der Waals surface area contributed by atoms with Gasteiger partial charge in [-0.1, -0.05) is 0 Å². The van der Waals surface area contributed by atoms with Crippen LogP contribution in [0.1, 0.15) is 13.3 Å². The Morgan fingerprint density at radius 1 is 1.47 bits per heavy atom. The number of nitrogens with zero attached hydrogens (tertiary/aromatic N) is 1. The van der Waals surface area contributed by atoms with Crippen molar-refractivity contribution in [1.82, 2.24) is 4.90 Å². The highest BCUT2D eigenvalue weighted by molar-refractivity contribution is 5.81.